The maximum Gasteiger partial charge on any atom is 0.320 e. The van der Waals surface area contributed by atoms with Crippen molar-refractivity contribution < 1.29 is 19.6 Å². The summed E-state index contributed by atoms with van der Waals surface area (Å²) in [5, 5.41) is 23.2. The maximum absolute atomic E-state index is 11.5. The van der Waals surface area contributed by atoms with Crippen LogP contribution in [0, 0.1) is 17.0 Å². The Morgan fingerprint density at radius 2 is 1.89 bits per heavy atom. The second-order valence-electron chi connectivity index (χ2n) is 6.80. The monoisotopic (exact) mass is 372 g/mol. The molecule has 2 rings (SSSR count). The number of hydrogen-bond donors (Lipinski definition) is 2. The van der Waals surface area contributed by atoms with Crippen molar-refractivity contribution in [3.63, 3.8) is 0 Å². The summed E-state index contributed by atoms with van der Waals surface area (Å²) >= 11 is 0. The average Bonchev–Trinajstić information content (AvgIpc) is 2.60. The van der Waals surface area contributed by atoms with Gasteiger partial charge in [0, 0.05) is 12.6 Å². The van der Waals surface area contributed by atoms with Gasteiger partial charge in [-0.3, -0.25) is 14.9 Å². The first-order chi connectivity index (χ1) is 12.7. The van der Waals surface area contributed by atoms with Gasteiger partial charge in [0.15, 0.2) is 0 Å². The molecule has 2 aromatic rings. The van der Waals surface area contributed by atoms with Gasteiger partial charge in [-0.15, -0.1) is 0 Å². The van der Waals surface area contributed by atoms with E-state index in [-0.39, 0.29) is 23.9 Å². The molecule has 0 saturated heterocycles. The first-order valence-electron chi connectivity index (χ1n) is 8.71. The minimum absolute atomic E-state index is 0.155. The lowest BCUT2D eigenvalue weighted by Crippen LogP contribution is -2.33. The van der Waals surface area contributed by atoms with Crippen molar-refractivity contribution in [2.45, 2.75) is 46.2 Å². The van der Waals surface area contributed by atoms with Crippen molar-refractivity contribution in [1.29, 1.82) is 0 Å². The number of aliphatic carboxylic acids is 1. The van der Waals surface area contributed by atoms with E-state index in [4.69, 9.17) is 9.84 Å². The Kier molecular flexibility index (Phi) is 6.52. The third-order valence-electron chi connectivity index (χ3n) is 4.21. The van der Waals surface area contributed by atoms with Gasteiger partial charge < -0.3 is 15.2 Å². The van der Waals surface area contributed by atoms with Crippen molar-refractivity contribution in [3.05, 3.63) is 63.2 Å². The second-order valence-corrected chi connectivity index (χ2v) is 6.80. The molecule has 0 bridgehead atoms. The molecule has 144 valence electrons. The van der Waals surface area contributed by atoms with Crippen LogP contribution in [0.4, 0.5) is 5.69 Å². The Hall–Kier alpha value is -2.93. The van der Waals surface area contributed by atoms with E-state index in [0.29, 0.717) is 11.3 Å². The number of rotatable bonds is 8. The van der Waals surface area contributed by atoms with E-state index >= 15 is 0 Å². The molecule has 2 N–H and O–H groups in total. The summed E-state index contributed by atoms with van der Waals surface area (Å²) in [4.78, 5) is 21.9. The summed E-state index contributed by atoms with van der Waals surface area (Å²) in [6.07, 6.45) is 0. The van der Waals surface area contributed by atoms with E-state index in [1.54, 1.807) is 12.1 Å². The molecule has 0 aromatic heterocycles. The van der Waals surface area contributed by atoms with Crippen molar-refractivity contribution in [2.75, 3.05) is 0 Å². The van der Waals surface area contributed by atoms with Gasteiger partial charge in [-0.1, -0.05) is 32.0 Å². The molecule has 0 aliphatic carbocycles. The molecule has 27 heavy (non-hydrogen) atoms. The Labute approximate surface area is 158 Å². The third-order valence-corrected chi connectivity index (χ3v) is 4.21. The van der Waals surface area contributed by atoms with Crippen molar-refractivity contribution in [2.24, 2.45) is 0 Å². The molecule has 2 aromatic carbocycles. The number of carbonyl (C=O) groups is 1. The van der Waals surface area contributed by atoms with E-state index in [1.807, 2.05) is 39.0 Å². The standard InChI is InChI=1S/C20H24N2O5/c1-12(2)16-7-5-13(3)9-19(16)27-18-8-6-15(10-17(18)22(25)26)11-21-14(4)20(23)24/h5-10,12,14,21H,11H2,1-4H3,(H,23,24)/t14-/m1/s1. The number of nitrogens with one attached hydrogen (secondary N) is 1. The SMILES string of the molecule is Cc1ccc(C(C)C)c(Oc2ccc(CN[C@H](C)C(=O)O)cc2[N+](=O)[O-])c1. The van der Waals surface area contributed by atoms with E-state index < -0.39 is 16.9 Å². The molecule has 1 atom stereocenters. The summed E-state index contributed by atoms with van der Waals surface area (Å²) in [5.41, 5.74) is 2.42. The summed E-state index contributed by atoms with van der Waals surface area (Å²) in [5.74, 6) is -0.0215. The van der Waals surface area contributed by atoms with Gasteiger partial charge in [-0.2, -0.15) is 0 Å². The summed E-state index contributed by atoms with van der Waals surface area (Å²) in [6.45, 7) is 7.72. The highest BCUT2D eigenvalue weighted by molar-refractivity contribution is 5.72. The number of nitro groups is 1. The molecule has 7 nitrogen and oxygen atoms in total. The molecule has 0 saturated carbocycles. The van der Waals surface area contributed by atoms with Gasteiger partial charge in [-0.25, -0.2) is 0 Å². The van der Waals surface area contributed by atoms with Crippen LogP contribution in [0.1, 0.15) is 43.4 Å². The van der Waals surface area contributed by atoms with Crippen LogP contribution >= 0.6 is 0 Å². The van der Waals surface area contributed by atoms with Gasteiger partial charge in [0.2, 0.25) is 5.75 Å². The molecule has 0 unspecified atom stereocenters. The predicted octanol–water partition coefficient (Wildman–Crippen LogP) is 4.38. The fourth-order valence-electron chi connectivity index (χ4n) is 2.59. The fourth-order valence-corrected chi connectivity index (χ4v) is 2.59. The molecule has 0 amide bonds. The van der Waals surface area contributed by atoms with Crippen LogP contribution in [0.2, 0.25) is 0 Å². The van der Waals surface area contributed by atoms with Crippen LogP contribution in [0.15, 0.2) is 36.4 Å². The topological polar surface area (TPSA) is 102 Å². The zero-order valence-electron chi connectivity index (χ0n) is 15.9. The van der Waals surface area contributed by atoms with Crippen LogP contribution in [-0.2, 0) is 11.3 Å². The van der Waals surface area contributed by atoms with Crippen molar-refractivity contribution >= 4 is 11.7 Å². The second kappa shape index (κ2) is 8.64. The van der Waals surface area contributed by atoms with Crippen molar-refractivity contribution in [1.82, 2.24) is 5.32 Å². The molecule has 0 spiro atoms. The van der Waals surface area contributed by atoms with Gasteiger partial charge in [0.1, 0.15) is 11.8 Å². The van der Waals surface area contributed by atoms with E-state index in [0.717, 1.165) is 11.1 Å². The number of carboxylic acid groups (broad SMARTS) is 1. The Morgan fingerprint density at radius 1 is 1.19 bits per heavy atom. The lowest BCUT2D eigenvalue weighted by molar-refractivity contribution is -0.385. The summed E-state index contributed by atoms with van der Waals surface area (Å²) < 4.78 is 5.91. The highest BCUT2D eigenvalue weighted by Crippen LogP contribution is 2.36. The maximum atomic E-state index is 11.5. The summed E-state index contributed by atoms with van der Waals surface area (Å²) in [6, 6.07) is 9.70. The van der Waals surface area contributed by atoms with Gasteiger partial charge in [-0.05, 0) is 48.6 Å². The first-order valence-corrected chi connectivity index (χ1v) is 8.71. The minimum Gasteiger partial charge on any atom is -0.480 e. The van der Waals surface area contributed by atoms with Crippen molar-refractivity contribution in [3.8, 4) is 11.5 Å². The van der Waals surface area contributed by atoms with E-state index in [2.05, 4.69) is 5.32 Å². The van der Waals surface area contributed by atoms with Crippen LogP contribution in [-0.4, -0.2) is 22.0 Å². The zero-order chi connectivity index (χ0) is 20.1. The molecular formula is C20H24N2O5. The van der Waals surface area contributed by atoms with Gasteiger partial charge >= 0.3 is 11.7 Å². The Bertz CT molecular complexity index is 848. The normalized spacial score (nSPS) is 12.0. The van der Waals surface area contributed by atoms with Crippen LogP contribution in [0.25, 0.3) is 0 Å². The highest BCUT2D eigenvalue weighted by atomic mass is 16.6. The smallest absolute Gasteiger partial charge is 0.320 e. The molecule has 0 heterocycles. The third kappa shape index (κ3) is 5.27. The summed E-state index contributed by atoms with van der Waals surface area (Å²) in [7, 11) is 0. The average molecular weight is 372 g/mol. The number of benzene rings is 2. The Morgan fingerprint density at radius 3 is 2.48 bits per heavy atom. The molecular weight excluding hydrogens is 348 g/mol. The van der Waals surface area contributed by atoms with Crippen LogP contribution < -0.4 is 10.1 Å². The lowest BCUT2D eigenvalue weighted by Gasteiger charge is -2.15. The van der Waals surface area contributed by atoms with Crippen LogP contribution in [0.5, 0.6) is 11.5 Å². The number of aryl methyl sites for hydroxylation is 1. The molecule has 0 aliphatic rings. The van der Waals surface area contributed by atoms with E-state index in [1.165, 1.54) is 13.0 Å². The molecule has 7 heteroatoms. The zero-order valence-corrected chi connectivity index (χ0v) is 15.9. The number of nitro benzene ring substituents is 1. The number of hydrogen-bond acceptors (Lipinski definition) is 5. The quantitative estimate of drug-likeness (QED) is 0.527. The Balaban J connectivity index is 2.31. The molecule has 0 fully saturated rings. The van der Waals surface area contributed by atoms with Gasteiger partial charge in [0.25, 0.3) is 0 Å². The number of nitrogens with zero attached hydrogens (tertiary/aromatic N) is 1. The lowest BCUT2D eigenvalue weighted by atomic mass is 10.0. The fraction of sp³-hybridized carbons (Fsp3) is 0.350. The molecule has 0 aliphatic heterocycles. The van der Waals surface area contributed by atoms with Gasteiger partial charge in [0.05, 0.1) is 4.92 Å². The largest absolute Gasteiger partial charge is 0.480 e. The highest BCUT2D eigenvalue weighted by Gasteiger charge is 2.19. The molecule has 0 radical (unpaired) electrons. The van der Waals surface area contributed by atoms with Crippen LogP contribution in [0.3, 0.4) is 0 Å². The van der Waals surface area contributed by atoms with E-state index in [9.17, 15) is 14.9 Å². The predicted molar refractivity (Wildman–Crippen MR) is 102 cm³/mol. The number of carboxylic acids is 1. The first kappa shape index (κ1) is 20.4. The number of ether oxygens (including phenoxy) is 1. The minimum atomic E-state index is -0.981.